The van der Waals surface area contributed by atoms with E-state index in [-0.39, 0.29) is 5.91 Å². The number of nitrogens with zero attached hydrogens (tertiary/aromatic N) is 3. The fourth-order valence-electron chi connectivity index (χ4n) is 3.14. The highest BCUT2D eigenvalue weighted by Gasteiger charge is 2.21. The van der Waals surface area contributed by atoms with Crippen molar-refractivity contribution in [1.29, 1.82) is 5.26 Å². The highest BCUT2D eigenvalue weighted by atomic mass is 16.2. The summed E-state index contributed by atoms with van der Waals surface area (Å²) in [6.07, 6.45) is 1.90. The number of hydrogen-bond acceptors (Lipinski definition) is 3. The number of amides is 1. The first-order valence-corrected chi connectivity index (χ1v) is 8.92. The van der Waals surface area contributed by atoms with Crippen molar-refractivity contribution < 1.29 is 4.79 Å². The predicted octanol–water partition coefficient (Wildman–Crippen LogP) is 4.74. The molecule has 0 aliphatic rings. The maximum Gasteiger partial charge on any atom is 0.274 e. The van der Waals surface area contributed by atoms with E-state index in [1.165, 1.54) is 0 Å². The number of imidazole rings is 1. The van der Waals surface area contributed by atoms with Crippen LogP contribution >= 0.6 is 0 Å². The molecule has 4 aromatic rings. The molecule has 0 bridgehead atoms. The van der Waals surface area contributed by atoms with Gasteiger partial charge in [0.1, 0.15) is 17.0 Å². The minimum atomic E-state index is -0.274. The van der Waals surface area contributed by atoms with E-state index in [1.54, 1.807) is 24.3 Å². The molecule has 0 saturated heterocycles. The predicted molar refractivity (Wildman–Crippen MR) is 109 cm³/mol. The van der Waals surface area contributed by atoms with Crippen LogP contribution in [0.4, 0.5) is 5.69 Å². The van der Waals surface area contributed by atoms with Crippen molar-refractivity contribution in [3.63, 3.8) is 0 Å². The number of hydrogen-bond donors (Lipinski definition) is 1. The third kappa shape index (κ3) is 3.24. The molecule has 0 aliphatic heterocycles. The number of rotatable bonds is 3. The van der Waals surface area contributed by atoms with Crippen LogP contribution in [0.2, 0.25) is 0 Å². The van der Waals surface area contributed by atoms with Gasteiger partial charge in [0.25, 0.3) is 5.91 Å². The summed E-state index contributed by atoms with van der Waals surface area (Å²) < 4.78 is 1.81. The molecule has 0 aliphatic carbocycles. The number of carbonyl (C=O) groups is 1. The van der Waals surface area contributed by atoms with Gasteiger partial charge >= 0.3 is 0 Å². The van der Waals surface area contributed by atoms with Crippen LogP contribution in [-0.2, 0) is 0 Å². The van der Waals surface area contributed by atoms with Crippen LogP contribution in [0.3, 0.4) is 0 Å². The number of carbonyl (C=O) groups excluding carboxylic acids is 1. The van der Waals surface area contributed by atoms with Crippen LogP contribution < -0.4 is 5.32 Å². The van der Waals surface area contributed by atoms with Crippen LogP contribution in [0.25, 0.3) is 16.9 Å². The molecule has 136 valence electrons. The smallest absolute Gasteiger partial charge is 0.274 e. The van der Waals surface area contributed by atoms with Crippen molar-refractivity contribution in [3.05, 3.63) is 89.2 Å². The Kier molecular flexibility index (Phi) is 4.38. The molecule has 0 atom stereocenters. The van der Waals surface area contributed by atoms with Gasteiger partial charge in [0.2, 0.25) is 0 Å². The van der Waals surface area contributed by atoms with Gasteiger partial charge in [-0.05, 0) is 43.7 Å². The Labute approximate surface area is 162 Å². The van der Waals surface area contributed by atoms with Crippen molar-refractivity contribution in [2.75, 3.05) is 5.32 Å². The van der Waals surface area contributed by atoms with E-state index in [1.807, 2.05) is 60.8 Å². The van der Waals surface area contributed by atoms with Gasteiger partial charge in [-0.2, -0.15) is 5.26 Å². The molecule has 1 N–H and O–H groups in total. The standard InChI is InChI=1S/C23H18N4O/c1-15-6-9-18(10-7-15)21-22(27-14-16(2)8-11-20(27)26-21)23(28)25-19-5-3-4-17(12-19)13-24/h3-12,14H,1-2H3,(H,25,28). The molecule has 2 aromatic heterocycles. The average Bonchev–Trinajstić information content (AvgIpc) is 3.07. The summed E-state index contributed by atoms with van der Waals surface area (Å²) >= 11 is 0. The molecule has 0 unspecified atom stereocenters. The summed E-state index contributed by atoms with van der Waals surface area (Å²) in [6.45, 7) is 4.00. The lowest BCUT2D eigenvalue weighted by Crippen LogP contribution is -2.15. The fraction of sp³-hybridized carbons (Fsp3) is 0.0870. The fourth-order valence-corrected chi connectivity index (χ4v) is 3.14. The van der Waals surface area contributed by atoms with Crippen molar-refractivity contribution in [1.82, 2.24) is 9.38 Å². The Hall–Kier alpha value is -3.91. The Balaban J connectivity index is 1.84. The second-order valence-electron chi connectivity index (χ2n) is 6.76. The highest BCUT2D eigenvalue weighted by molar-refractivity contribution is 6.07. The van der Waals surface area contributed by atoms with Gasteiger partial charge in [0, 0.05) is 17.4 Å². The monoisotopic (exact) mass is 366 g/mol. The molecule has 28 heavy (non-hydrogen) atoms. The minimum Gasteiger partial charge on any atom is -0.321 e. The molecule has 0 saturated carbocycles. The molecule has 1 amide bonds. The molecule has 2 aromatic carbocycles. The van der Waals surface area contributed by atoms with Gasteiger partial charge in [-0.1, -0.05) is 42.0 Å². The lowest BCUT2D eigenvalue weighted by atomic mass is 10.1. The van der Waals surface area contributed by atoms with Gasteiger partial charge in [-0.3, -0.25) is 9.20 Å². The zero-order chi connectivity index (χ0) is 19.7. The maximum absolute atomic E-state index is 13.2. The van der Waals surface area contributed by atoms with Crippen LogP contribution in [0.15, 0.2) is 66.9 Å². The van der Waals surface area contributed by atoms with Crippen molar-refractivity contribution in [2.45, 2.75) is 13.8 Å². The molecule has 4 rings (SSSR count). The Morgan fingerprint density at radius 3 is 2.54 bits per heavy atom. The van der Waals surface area contributed by atoms with E-state index in [9.17, 15) is 4.79 Å². The van der Waals surface area contributed by atoms with Gasteiger partial charge in [0.05, 0.1) is 11.6 Å². The normalized spacial score (nSPS) is 10.6. The molecule has 0 fully saturated rings. The highest BCUT2D eigenvalue weighted by Crippen LogP contribution is 2.26. The summed E-state index contributed by atoms with van der Waals surface area (Å²) in [5.41, 5.74) is 5.90. The maximum atomic E-state index is 13.2. The summed E-state index contributed by atoms with van der Waals surface area (Å²) in [4.78, 5) is 17.9. The molecular formula is C23H18N4O. The van der Waals surface area contributed by atoms with Gasteiger partial charge < -0.3 is 5.32 Å². The van der Waals surface area contributed by atoms with Crippen LogP contribution in [0.5, 0.6) is 0 Å². The first kappa shape index (κ1) is 17.5. The van der Waals surface area contributed by atoms with Crippen LogP contribution in [0.1, 0.15) is 27.2 Å². The van der Waals surface area contributed by atoms with E-state index in [0.29, 0.717) is 28.3 Å². The summed E-state index contributed by atoms with van der Waals surface area (Å²) in [5.74, 6) is -0.274. The Morgan fingerprint density at radius 2 is 1.79 bits per heavy atom. The second-order valence-corrected chi connectivity index (χ2v) is 6.76. The van der Waals surface area contributed by atoms with Gasteiger partial charge in [0.15, 0.2) is 0 Å². The van der Waals surface area contributed by atoms with Crippen LogP contribution in [-0.4, -0.2) is 15.3 Å². The first-order chi connectivity index (χ1) is 13.5. The Morgan fingerprint density at radius 1 is 1.04 bits per heavy atom. The Bertz CT molecular complexity index is 1230. The molecule has 5 nitrogen and oxygen atoms in total. The third-order valence-corrected chi connectivity index (χ3v) is 4.56. The second kappa shape index (κ2) is 7.01. The first-order valence-electron chi connectivity index (χ1n) is 8.92. The molecule has 0 spiro atoms. The van der Waals surface area contributed by atoms with E-state index in [4.69, 9.17) is 10.2 Å². The zero-order valence-corrected chi connectivity index (χ0v) is 15.6. The number of benzene rings is 2. The van der Waals surface area contributed by atoms with E-state index in [0.717, 1.165) is 16.7 Å². The summed E-state index contributed by atoms with van der Waals surface area (Å²) in [5, 5.41) is 12.0. The lowest BCUT2D eigenvalue weighted by molar-refractivity contribution is 0.102. The SMILES string of the molecule is Cc1ccc(-c2nc3ccc(C)cn3c2C(=O)Nc2cccc(C#N)c2)cc1. The average molecular weight is 366 g/mol. The number of nitrogens with one attached hydrogen (secondary N) is 1. The quantitative estimate of drug-likeness (QED) is 0.569. The summed E-state index contributed by atoms with van der Waals surface area (Å²) in [6, 6.07) is 20.8. The number of nitriles is 1. The largest absolute Gasteiger partial charge is 0.321 e. The molecular weight excluding hydrogens is 348 g/mol. The minimum absolute atomic E-state index is 0.274. The van der Waals surface area contributed by atoms with E-state index >= 15 is 0 Å². The summed E-state index contributed by atoms with van der Waals surface area (Å²) in [7, 11) is 0. The number of anilines is 1. The van der Waals surface area contributed by atoms with Crippen LogP contribution in [0, 0.1) is 25.2 Å². The third-order valence-electron chi connectivity index (χ3n) is 4.56. The number of aromatic nitrogens is 2. The molecule has 0 radical (unpaired) electrons. The topological polar surface area (TPSA) is 70.2 Å². The molecule has 5 heteroatoms. The van der Waals surface area contributed by atoms with E-state index in [2.05, 4.69) is 11.4 Å². The van der Waals surface area contributed by atoms with Crippen molar-refractivity contribution in [2.24, 2.45) is 0 Å². The van der Waals surface area contributed by atoms with Crippen molar-refractivity contribution >= 4 is 17.2 Å². The van der Waals surface area contributed by atoms with Gasteiger partial charge in [-0.25, -0.2) is 4.98 Å². The number of pyridine rings is 1. The van der Waals surface area contributed by atoms with Crippen molar-refractivity contribution in [3.8, 4) is 17.3 Å². The van der Waals surface area contributed by atoms with Gasteiger partial charge in [-0.15, -0.1) is 0 Å². The number of aryl methyl sites for hydroxylation is 2. The van der Waals surface area contributed by atoms with E-state index < -0.39 is 0 Å². The zero-order valence-electron chi connectivity index (χ0n) is 15.6. The lowest BCUT2D eigenvalue weighted by Gasteiger charge is -2.08. The number of fused-ring (bicyclic) bond motifs is 1. The molecule has 2 heterocycles.